The number of esters is 1. The number of nitrogens with zero attached hydrogens (tertiary/aromatic N) is 3. The first-order chi connectivity index (χ1) is 14.3. The van der Waals surface area contributed by atoms with Gasteiger partial charge in [0.2, 0.25) is 0 Å². The third-order valence-corrected chi connectivity index (χ3v) is 5.02. The van der Waals surface area contributed by atoms with Crippen molar-refractivity contribution in [1.29, 1.82) is 0 Å². The van der Waals surface area contributed by atoms with Crippen LogP contribution in [0.3, 0.4) is 0 Å². The SMILES string of the molecule is Cc1ccc(-c2nn(Cc3ccccc3)cc2C(=O)O[C@@H](C)C(=O)N(C)C)cc1C. The van der Waals surface area contributed by atoms with Gasteiger partial charge in [0, 0.05) is 25.9 Å². The van der Waals surface area contributed by atoms with Crippen LogP contribution in [0.25, 0.3) is 11.3 Å². The van der Waals surface area contributed by atoms with E-state index in [9.17, 15) is 9.59 Å². The molecule has 0 saturated heterocycles. The molecule has 0 fully saturated rings. The molecule has 0 bridgehead atoms. The van der Waals surface area contributed by atoms with Crippen LogP contribution in [0, 0.1) is 13.8 Å². The zero-order valence-corrected chi connectivity index (χ0v) is 18.0. The molecule has 3 aromatic rings. The molecule has 1 aromatic heterocycles. The van der Waals surface area contributed by atoms with Crippen LogP contribution in [0.1, 0.15) is 34.0 Å². The number of amides is 1. The van der Waals surface area contributed by atoms with E-state index in [-0.39, 0.29) is 5.91 Å². The molecule has 0 N–H and O–H groups in total. The fourth-order valence-electron chi connectivity index (χ4n) is 3.16. The van der Waals surface area contributed by atoms with Crippen LogP contribution >= 0.6 is 0 Å². The molecule has 0 aliphatic carbocycles. The van der Waals surface area contributed by atoms with E-state index >= 15 is 0 Å². The summed E-state index contributed by atoms with van der Waals surface area (Å²) < 4.78 is 7.19. The van der Waals surface area contributed by atoms with Gasteiger partial charge in [0.05, 0.1) is 6.54 Å². The first-order valence-electron chi connectivity index (χ1n) is 9.87. The fraction of sp³-hybridized carbons (Fsp3) is 0.292. The summed E-state index contributed by atoms with van der Waals surface area (Å²) in [4.78, 5) is 26.5. The van der Waals surface area contributed by atoms with Gasteiger partial charge in [-0.15, -0.1) is 0 Å². The second-order valence-electron chi connectivity index (χ2n) is 7.65. The zero-order valence-electron chi connectivity index (χ0n) is 18.0. The largest absolute Gasteiger partial charge is 0.449 e. The zero-order chi connectivity index (χ0) is 21.8. The van der Waals surface area contributed by atoms with Gasteiger partial charge in [0.15, 0.2) is 6.10 Å². The van der Waals surface area contributed by atoms with Crippen LogP contribution in [0.5, 0.6) is 0 Å². The molecule has 0 spiro atoms. The molecule has 156 valence electrons. The number of rotatable bonds is 6. The second-order valence-corrected chi connectivity index (χ2v) is 7.65. The normalized spacial score (nSPS) is 11.8. The summed E-state index contributed by atoms with van der Waals surface area (Å²) in [5.41, 5.74) is 5.07. The smallest absolute Gasteiger partial charge is 0.342 e. The minimum absolute atomic E-state index is 0.271. The van der Waals surface area contributed by atoms with Gasteiger partial charge in [0.25, 0.3) is 5.91 Å². The van der Waals surface area contributed by atoms with Gasteiger partial charge in [-0.05, 0) is 43.5 Å². The molecule has 0 unspecified atom stereocenters. The lowest BCUT2D eigenvalue weighted by Crippen LogP contribution is -2.34. The van der Waals surface area contributed by atoms with Gasteiger partial charge in [0.1, 0.15) is 11.3 Å². The van der Waals surface area contributed by atoms with Crippen molar-refractivity contribution in [2.45, 2.75) is 33.4 Å². The number of aryl methyl sites for hydroxylation is 2. The molecular formula is C24H27N3O3. The Morgan fingerprint density at radius 3 is 2.40 bits per heavy atom. The Bertz CT molecular complexity index is 1050. The van der Waals surface area contributed by atoms with E-state index in [0.29, 0.717) is 17.8 Å². The van der Waals surface area contributed by atoms with Gasteiger partial charge < -0.3 is 9.64 Å². The maximum absolute atomic E-state index is 12.9. The number of benzene rings is 2. The Labute approximate surface area is 177 Å². The maximum atomic E-state index is 12.9. The average molecular weight is 405 g/mol. The van der Waals surface area contributed by atoms with Crippen LogP contribution in [0.2, 0.25) is 0 Å². The van der Waals surface area contributed by atoms with Crippen LogP contribution in [-0.2, 0) is 16.1 Å². The molecule has 0 aliphatic heterocycles. The highest BCUT2D eigenvalue weighted by Crippen LogP contribution is 2.26. The van der Waals surface area contributed by atoms with Crippen LogP contribution in [0.15, 0.2) is 54.7 Å². The molecule has 6 nitrogen and oxygen atoms in total. The number of carbonyl (C=O) groups excluding carboxylic acids is 2. The molecule has 0 radical (unpaired) electrons. The van der Waals surface area contributed by atoms with Crippen molar-refractivity contribution in [1.82, 2.24) is 14.7 Å². The number of aromatic nitrogens is 2. The van der Waals surface area contributed by atoms with Crippen molar-refractivity contribution in [3.05, 3.63) is 77.0 Å². The van der Waals surface area contributed by atoms with E-state index in [4.69, 9.17) is 4.74 Å². The maximum Gasteiger partial charge on any atom is 0.342 e. The molecule has 0 saturated carbocycles. The summed E-state index contributed by atoms with van der Waals surface area (Å²) in [6.45, 7) is 6.16. The summed E-state index contributed by atoms with van der Waals surface area (Å²) >= 11 is 0. The Morgan fingerprint density at radius 1 is 1.07 bits per heavy atom. The first kappa shape index (κ1) is 21.3. The highest BCUT2D eigenvalue weighted by Gasteiger charge is 2.25. The Kier molecular flexibility index (Phi) is 6.35. The Balaban J connectivity index is 1.97. The van der Waals surface area contributed by atoms with Gasteiger partial charge in [-0.1, -0.05) is 42.5 Å². The number of likely N-dealkylation sites (N-methyl/N-ethyl adjacent to an activating group) is 1. The van der Waals surface area contributed by atoms with Crippen LogP contribution < -0.4 is 0 Å². The van der Waals surface area contributed by atoms with E-state index < -0.39 is 12.1 Å². The number of ether oxygens (including phenoxy) is 1. The van der Waals surface area contributed by atoms with Gasteiger partial charge >= 0.3 is 5.97 Å². The Hall–Kier alpha value is -3.41. The third-order valence-electron chi connectivity index (χ3n) is 5.02. The summed E-state index contributed by atoms with van der Waals surface area (Å²) in [6, 6.07) is 15.9. The van der Waals surface area contributed by atoms with Gasteiger partial charge in [-0.3, -0.25) is 9.48 Å². The summed E-state index contributed by atoms with van der Waals surface area (Å²) in [5, 5.41) is 4.68. The number of hydrogen-bond donors (Lipinski definition) is 0. The lowest BCUT2D eigenvalue weighted by atomic mass is 10.0. The molecule has 1 atom stereocenters. The minimum Gasteiger partial charge on any atom is -0.449 e. The molecule has 1 amide bonds. The molecule has 1 heterocycles. The van der Waals surface area contributed by atoms with Crippen molar-refractivity contribution in [2.75, 3.05) is 14.1 Å². The second kappa shape index (κ2) is 8.95. The van der Waals surface area contributed by atoms with Gasteiger partial charge in [-0.2, -0.15) is 5.10 Å². The monoisotopic (exact) mass is 405 g/mol. The molecule has 0 aliphatic rings. The molecular weight excluding hydrogens is 378 g/mol. The molecule has 3 rings (SSSR count). The summed E-state index contributed by atoms with van der Waals surface area (Å²) in [7, 11) is 3.26. The predicted molar refractivity (Wildman–Crippen MR) is 116 cm³/mol. The summed E-state index contributed by atoms with van der Waals surface area (Å²) in [6.07, 6.45) is 0.810. The topological polar surface area (TPSA) is 64.4 Å². The van der Waals surface area contributed by atoms with E-state index in [1.807, 2.05) is 62.4 Å². The lowest BCUT2D eigenvalue weighted by Gasteiger charge is -2.17. The van der Waals surface area contributed by atoms with Crippen molar-refractivity contribution < 1.29 is 14.3 Å². The fourth-order valence-corrected chi connectivity index (χ4v) is 3.16. The van der Waals surface area contributed by atoms with Gasteiger partial charge in [-0.25, -0.2) is 4.79 Å². The molecule has 2 aromatic carbocycles. The highest BCUT2D eigenvalue weighted by molar-refractivity contribution is 5.97. The van der Waals surface area contributed by atoms with Crippen molar-refractivity contribution in [2.24, 2.45) is 0 Å². The van der Waals surface area contributed by atoms with E-state index in [0.717, 1.165) is 22.3 Å². The average Bonchev–Trinajstić information content (AvgIpc) is 3.14. The minimum atomic E-state index is -0.877. The van der Waals surface area contributed by atoms with E-state index in [2.05, 4.69) is 5.10 Å². The van der Waals surface area contributed by atoms with Crippen molar-refractivity contribution in [3.63, 3.8) is 0 Å². The summed E-state index contributed by atoms with van der Waals surface area (Å²) in [5.74, 6) is -0.835. The molecule has 6 heteroatoms. The number of hydrogen-bond acceptors (Lipinski definition) is 4. The highest BCUT2D eigenvalue weighted by atomic mass is 16.5. The predicted octanol–water partition coefficient (Wildman–Crippen LogP) is 3.85. The molecule has 30 heavy (non-hydrogen) atoms. The van der Waals surface area contributed by atoms with Crippen LogP contribution in [0.4, 0.5) is 0 Å². The standard InChI is InChI=1S/C24H27N3O3/c1-16-11-12-20(13-17(16)2)22-21(24(29)30-18(3)23(28)26(4)5)15-27(25-22)14-19-9-7-6-8-10-19/h6-13,15,18H,14H2,1-5H3/t18-/m0/s1. The van der Waals surface area contributed by atoms with Crippen molar-refractivity contribution >= 4 is 11.9 Å². The van der Waals surface area contributed by atoms with E-state index in [1.54, 1.807) is 31.9 Å². The first-order valence-corrected chi connectivity index (χ1v) is 9.87. The Morgan fingerprint density at radius 2 is 1.77 bits per heavy atom. The third kappa shape index (κ3) is 4.76. The lowest BCUT2D eigenvalue weighted by molar-refractivity contribution is -0.137. The quantitative estimate of drug-likeness (QED) is 0.585. The van der Waals surface area contributed by atoms with E-state index in [1.165, 1.54) is 4.90 Å². The van der Waals surface area contributed by atoms with Crippen LogP contribution in [-0.4, -0.2) is 46.8 Å². The van der Waals surface area contributed by atoms with Crippen molar-refractivity contribution in [3.8, 4) is 11.3 Å². The number of carbonyl (C=O) groups is 2.